The van der Waals surface area contributed by atoms with Gasteiger partial charge in [-0.05, 0) is 40.8 Å². The molecule has 2 aromatic rings. The fourth-order valence-corrected chi connectivity index (χ4v) is 2.20. The molecule has 2 rings (SSSR count). The molecule has 0 radical (unpaired) electrons. The van der Waals surface area contributed by atoms with E-state index in [4.69, 9.17) is 11.5 Å². The van der Waals surface area contributed by atoms with E-state index in [2.05, 4.69) is 31.1 Å². The van der Waals surface area contributed by atoms with Crippen LogP contribution in [0.15, 0.2) is 53.5 Å². The summed E-state index contributed by atoms with van der Waals surface area (Å²) in [5, 5.41) is 2.90. The monoisotopic (exact) mass is 324 g/mol. The van der Waals surface area contributed by atoms with E-state index in [0.717, 1.165) is 11.3 Å². The van der Waals surface area contributed by atoms with Crippen LogP contribution in [-0.2, 0) is 12.0 Å². The van der Waals surface area contributed by atoms with Gasteiger partial charge < -0.3 is 16.8 Å². The number of rotatable bonds is 4. The van der Waals surface area contributed by atoms with E-state index in [-0.39, 0.29) is 17.3 Å². The Kier molecular flexibility index (Phi) is 5.24. The van der Waals surface area contributed by atoms with Crippen LogP contribution < -0.4 is 16.8 Å². The molecule has 24 heavy (non-hydrogen) atoms. The average Bonchev–Trinajstić information content (AvgIpc) is 2.53. The SMILES string of the molecule is CC(C)(C)c1ccc(NC(=O)c2ccc(CN=C(N)N)cc2)cc1. The molecule has 5 heteroatoms. The maximum Gasteiger partial charge on any atom is 0.255 e. The zero-order valence-corrected chi connectivity index (χ0v) is 14.3. The molecule has 0 aliphatic heterocycles. The highest BCUT2D eigenvalue weighted by Gasteiger charge is 2.13. The van der Waals surface area contributed by atoms with Crippen molar-refractivity contribution in [3.63, 3.8) is 0 Å². The fourth-order valence-electron chi connectivity index (χ4n) is 2.20. The molecular weight excluding hydrogens is 300 g/mol. The highest BCUT2D eigenvalue weighted by molar-refractivity contribution is 6.04. The first kappa shape index (κ1) is 17.5. The third-order valence-corrected chi connectivity index (χ3v) is 3.67. The number of carbonyl (C=O) groups is 1. The van der Waals surface area contributed by atoms with Crippen molar-refractivity contribution in [3.8, 4) is 0 Å². The molecule has 5 nitrogen and oxygen atoms in total. The summed E-state index contributed by atoms with van der Waals surface area (Å²) in [7, 11) is 0. The molecule has 0 fully saturated rings. The molecule has 0 aliphatic carbocycles. The fraction of sp³-hybridized carbons (Fsp3) is 0.263. The average molecular weight is 324 g/mol. The number of aliphatic imine (C=N–C) groups is 1. The molecule has 0 bridgehead atoms. The normalized spacial score (nSPS) is 11.0. The lowest BCUT2D eigenvalue weighted by atomic mass is 9.87. The van der Waals surface area contributed by atoms with Crippen LogP contribution in [0.1, 0.15) is 42.3 Å². The van der Waals surface area contributed by atoms with Crippen LogP contribution in [0.2, 0.25) is 0 Å². The van der Waals surface area contributed by atoms with Gasteiger partial charge in [0.1, 0.15) is 0 Å². The van der Waals surface area contributed by atoms with Crippen molar-refractivity contribution in [2.24, 2.45) is 16.5 Å². The van der Waals surface area contributed by atoms with Gasteiger partial charge in [-0.15, -0.1) is 0 Å². The molecule has 0 spiro atoms. The van der Waals surface area contributed by atoms with Gasteiger partial charge in [-0.3, -0.25) is 4.79 Å². The van der Waals surface area contributed by atoms with Crippen LogP contribution >= 0.6 is 0 Å². The first-order valence-corrected chi connectivity index (χ1v) is 7.82. The molecule has 5 N–H and O–H groups in total. The molecule has 0 aliphatic rings. The second-order valence-corrected chi connectivity index (χ2v) is 6.72. The van der Waals surface area contributed by atoms with Crippen LogP contribution in [0.4, 0.5) is 5.69 Å². The van der Waals surface area contributed by atoms with E-state index in [1.54, 1.807) is 12.1 Å². The molecule has 126 valence electrons. The van der Waals surface area contributed by atoms with Gasteiger partial charge in [0.05, 0.1) is 6.54 Å². The van der Waals surface area contributed by atoms with Crippen molar-refractivity contribution in [2.45, 2.75) is 32.7 Å². The van der Waals surface area contributed by atoms with Gasteiger partial charge in [-0.2, -0.15) is 0 Å². The number of amides is 1. The Bertz CT molecular complexity index is 721. The minimum Gasteiger partial charge on any atom is -0.370 e. The van der Waals surface area contributed by atoms with Gasteiger partial charge in [-0.25, -0.2) is 4.99 Å². The zero-order valence-electron chi connectivity index (χ0n) is 14.3. The summed E-state index contributed by atoms with van der Waals surface area (Å²) in [6, 6.07) is 15.1. The minimum atomic E-state index is -0.146. The predicted molar refractivity (Wildman–Crippen MR) is 99.1 cm³/mol. The van der Waals surface area contributed by atoms with Crippen LogP contribution in [0, 0.1) is 0 Å². The number of nitrogens with one attached hydrogen (secondary N) is 1. The molecule has 0 saturated carbocycles. The second-order valence-electron chi connectivity index (χ2n) is 6.72. The van der Waals surface area contributed by atoms with E-state index >= 15 is 0 Å². The molecule has 0 aromatic heterocycles. The quantitative estimate of drug-likeness (QED) is 0.596. The maximum absolute atomic E-state index is 12.3. The summed E-state index contributed by atoms with van der Waals surface area (Å²) in [5.41, 5.74) is 14.2. The third kappa shape index (κ3) is 4.84. The van der Waals surface area contributed by atoms with Crippen molar-refractivity contribution in [3.05, 3.63) is 65.2 Å². The van der Waals surface area contributed by atoms with Crippen molar-refractivity contribution < 1.29 is 4.79 Å². The van der Waals surface area contributed by atoms with Crippen LogP contribution in [0.3, 0.4) is 0 Å². The number of carbonyl (C=O) groups excluding carboxylic acids is 1. The third-order valence-electron chi connectivity index (χ3n) is 3.67. The number of nitrogens with zero attached hydrogens (tertiary/aromatic N) is 1. The summed E-state index contributed by atoms with van der Waals surface area (Å²) < 4.78 is 0. The Balaban J connectivity index is 2.03. The lowest BCUT2D eigenvalue weighted by Crippen LogP contribution is -2.22. The molecule has 0 atom stereocenters. The van der Waals surface area contributed by atoms with Gasteiger partial charge in [0.25, 0.3) is 5.91 Å². The number of nitrogens with two attached hydrogens (primary N) is 2. The van der Waals surface area contributed by atoms with Gasteiger partial charge in [-0.1, -0.05) is 45.0 Å². The van der Waals surface area contributed by atoms with Gasteiger partial charge in [0, 0.05) is 11.3 Å². The molecule has 2 aromatic carbocycles. The standard InChI is InChI=1S/C19H24N4O/c1-19(2,3)15-8-10-16(11-9-15)23-17(24)14-6-4-13(5-7-14)12-22-18(20)21/h4-11H,12H2,1-3H3,(H,23,24)(H4,20,21,22). The summed E-state index contributed by atoms with van der Waals surface area (Å²) >= 11 is 0. The highest BCUT2D eigenvalue weighted by Crippen LogP contribution is 2.23. The molecule has 0 heterocycles. The molecule has 0 saturated heterocycles. The Morgan fingerprint density at radius 2 is 1.58 bits per heavy atom. The summed E-state index contributed by atoms with van der Waals surface area (Å²) in [4.78, 5) is 16.2. The van der Waals surface area contributed by atoms with Crippen molar-refractivity contribution in [2.75, 3.05) is 5.32 Å². The van der Waals surface area contributed by atoms with Crippen molar-refractivity contribution in [1.29, 1.82) is 0 Å². The Labute approximate surface area is 142 Å². The number of guanidine groups is 1. The summed E-state index contributed by atoms with van der Waals surface area (Å²) in [6.45, 7) is 6.87. The summed E-state index contributed by atoms with van der Waals surface area (Å²) in [6.07, 6.45) is 0. The lowest BCUT2D eigenvalue weighted by Gasteiger charge is -2.19. The first-order chi connectivity index (χ1) is 11.3. The Morgan fingerprint density at radius 3 is 2.08 bits per heavy atom. The highest BCUT2D eigenvalue weighted by atomic mass is 16.1. The van der Waals surface area contributed by atoms with E-state index in [1.165, 1.54) is 5.56 Å². The van der Waals surface area contributed by atoms with Crippen molar-refractivity contribution >= 4 is 17.6 Å². The van der Waals surface area contributed by atoms with E-state index in [1.807, 2.05) is 36.4 Å². The van der Waals surface area contributed by atoms with Crippen molar-refractivity contribution in [1.82, 2.24) is 0 Å². The number of hydrogen-bond acceptors (Lipinski definition) is 2. The number of anilines is 1. The topological polar surface area (TPSA) is 93.5 Å². The first-order valence-electron chi connectivity index (χ1n) is 7.82. The van der Waals surface area contributed by atoms with Crippen LogP contribution in [0.5, 0.6) is 0 Å². The largest absolute Gasteiger partial charge is 0.370 e. The van der Waals surface area contributed by atoms with Gasteiger partial charge in [0.2, 0.25) is 0 Å². The second kappa shape index (κ2) is 7.17. The van der Waals surface area contributed by atoms with E-state index in [0.29, 0.717) is 12.1 Å². The molecular formula is C19H24N4O. The maximum atomic E-state index is 12.3. The molecule has 1 amide bonds. The van der Waals surface area contributed by atoms with Crippen LogP contribution in [-0.4, -0.2) is 11.9 Å². The van der Waals surface area contributed by atoms with E-state index in [9.17, 15) is 4.79 Å². The van der Waals surface area contributed by atoms with Crippen LogP contribution in [0.25, 0.3) is 0 Å². The molecule has 0 unspecified atom stereocenters. The zero-order chi connectivity index (χ0) is 17.7. The Morgan fingerprint density at radius 1 is 1.00 bits per heavy atom. The van der Waals surface area contributed by atoms with Gasteiger partial charge >= 0.3 is 0 Å². The smallest absolute Gasteiger partial charge is 0.255 e. The number of hydrogen-bond donors (Lipinski definition) is 3. The lowest BCUT2D eigenvalue weighted by molar-refractivity contribution is 0.102. The predicted octanol–water partition coefficient (Wildman–Crippen LogP) is 3.01. The minimum absolute atomic E-state index is 0.0514. The van der Waals surface area contributed by atoms with E-state index < -0.39 is 0 Å². The van der Waals surface area contributed by atoms with Gasteiger partial charge in [0.15, 0.2) is 5.96 Å². The number of benzene rings is 2. The summed E-state index contributed by atoms with van der Waals surface area (Å²) in [5.74, 6) is -0.0950. The Hall–Kier alpha value is -2.82.